The molecule has 0 radical (unpaired) electrons. The number of allylic oxidation sites excluding steroid dienone is 1. The fourth-order valence-corrected chi connectivity index (χ4v) is 9.32. The lowest BCUT2D eigenvalue weighted by Gasteiger charge is -2.40. The maximum Gasteiger partial charge on any atom is 0.343 e. The predicted octanol–water partition coefficient (Wildman–Crippen LogP) is 12.4. The van der Waals surface area contributed by atoms with Gasteiger partial charge in [-0.15, -0.1) is 0 Å². The molecule has 0 aromatic heterocycles. The summed E-state index contributed by atoms with van der Waals surface area (Å²) in [6.45, 7) is 33.3. The second-order valence-corrected chi connectivity index (χ2v) is 29.6. The number of halogens is 1. The summed E-state index contributed by atoms with van der Waals surface area (Å²) in [4.78, 5) is 27.9. The first kappa shape index (κ1) is 49.3. The summed E-state index contributed by atoms with van der Waals surface area (Å²) in [6.07, 6.45) is 5.28. The SMILES string of the molecule is CCCC(/C=C/Oc1cc(CC(C)C)c(OCc2ccccc2)c(CO[Si](C)(C)C(C)(C)C)c1I)C(=O)C[C@H](O[Si](C)(C)C(C)(C)C)[C@]1(C(=O)OCC)O[C@@H]1CC. The third-order valence-electron chi connectivity index (χ3n) is 11.9. The van der Waals surface area contributed by atoms with Crippen LogP contribution in [0.3, 0.4) is 0 Å². The van der Waals surface area contributed by atoms with E-state index in [2.05, 4.69) is 129 Å². The van der Waals surface area contributed by atoms with Gasteiger partial charge >= 0.3 is 5.97 Å². The first-order valence-corrected chi connectivity index (χ1v) is 27.9. The number of benzene rings is 2. The summed E-state index contributed by atoms with van der Waals surface area (Å²) in [5, 5.41) is -0.102. The number of ketones is 1. The van der Waals surface area contributed by atoms with Gasteiger partial charge in [0, 0.05) is 17.9 Å². The Balaban J connectivity index is 2.02. The lowest BCUT2D eigenvalue weighted by Crippen LogP contribution is -2.52. The molecule has 0 N–H and O–H groups in total. The third-order valence-corrected chi connectivity index (χ3v) is 22.1. The van der Waals surface area contributed by atoms with E-state index in [9.17, 15) is 9.59 Å². The van der Waals surface area contributed by atoms with E-state index >= 15 is 0 Å². The van der Waals surface area contributed by atoms with Gasteiger partial charge in [-0.2, -0.15) is 0 Å². The van der Waals surface area contributed by atoms with Crippen LogP contribution < -0.4 is 9.47 Å². The quantitative estimate of drug-likeness (QED) is 0.0379. The zero-order valence-corrected chi connectivity index (χ0v) is 41.9. The van der Waals surface area contributed by atoms with Crippen LogP contribution in [0.1, 0.15) is 119 Å². The Morgan fingerprint density at radius 2 is 1.58 bits per heavy atom. The summed E-state index contributed by atoms with van der Waals surface area (Å²) in [6, 6.07) is 12.3. The van der Waals surface area contributed by atoms with E-state index in [1.807, 2.05) is 31.2 Å². The molecule has 320 valence electrons. The molecule has 3 rings (SSSR count). The van der Waals surface area contributed by atoms with Crippen molar-refractivity contribution in [1.29, 1.82) is 0 Å². The molecule has 0 amide bonds. The number of rotatable bonds is 22. The minimum Gasteiger partial charge on any atom is -0.488 e. The first-order valence-electron chi connectivity index (χ1n) is 21.0. The standard InChI is InChI=1S/C46H73IO8Si2/c1-16-22-34(37(48)29-40(55-57(14,15)45(9,10)11)46(39(17-2)54-46)43(49)50-18-3)25-26-51-38-28-35(27-32(4)5)42(52-30-33-23-20-19-21-24-33)36(41(38)47)31-53-56(12,13)44(6,7)8/h19-21,23-26,28,32,34,39-40H,16-18,22,27,29-31H2,1-15H3/b26-25+/t34?,39-,40+,46-/m1/s1. The zero-order chi connectivity index (χ0) is 43.0. The molecule has 2 aromatic rings. The average Bonchev–Trinajstić information content (AvgIpc) is 3.86. The Kier molecular flexibility index (Phi) is 17.7. The van der Waals surface area contributed by atoms with Gasteiger partial charge in [0.15, 0.2) is 16.6 Å². The molecule has 0 bridgehead atoms. The minimum atomic E-state index is -2.43. The fourth-order valence-electron chi connectivity index (χ4n) is 6.37. The number of Topliss-reactive ketones (excluding diaryl/α,β-unsaturated/α-hetero) is 1. The van der Waals surface area contributed by atoms with Gasteiger partial charge in [-0.3, -0.25) is 4.79 Å². The summed E-state index contributed by atoms with van der Waals surface area (Å²) in [5.41, 5.74) is 1.84. The average molecular weight is 937 g/mol. The Hall–Kier alpha value is -2.04. The highest BCUT2D eigenvalue weighted by Crippen LogP contribution is 2.49. The lowest BCUT2D eigenvalue weighted by atomic mass is 9.88. The van der Waals surface area contributed by atoms with Crippen LogP contribution in [0.4, 0.5) is 0 Å². The second kappa shape index (κ2) is 20.5. The molecule has 1 aliphatic heterocycles. The number of hydrogen-bond donors (Lipinski definition) is 0. The molecule has 11 heteroatoms. The third kappa shape index (κ3) is 12.7. The van der Waals surface area contributed by atoms with E-state index < -0.39 is 40.2 Å². The Morgan fingerprint density at radius 1 is 0.947 bits per heavy atom. The Morgan fingerprint density at radius 3 is 2.11 bits per heavy atom. The van der Waals surface area contributed by atoms with Crippen molar-refractivity contribution in [3.8, 4) is 11.5 Å². The fraction of sp³-hybridized carbons (Fsp3) is 0.652. The van der Waals surface area contributed by atoms with Crippen molar-refractivity contribution in [3.05, 3.63) is 69.0 Å². The van der Waals surface area contributed by atoms with Gasteiger partial charge in [0.25, 0.3) is 0 Å². The monoisotopic (exact) mass is 936 g/mol. The zero-order valence-electron chi connectivity index (χ0n) is 37.7. The van der Waals surface area contributed by atoms with Crippen molar-refractivity contribution in [1.82, 2.24) is 0 Å². The molecule has 57 heavy (non-hydrogen) atoms. The van der Waals surface area contributed by atoms with Crippen molar-refractivity contribution < 1.29 is 37.4 Å². The van der Waals surface area contributed by atoms with Crippen LogP contribution >= 0.6 is 22.6 Å². The van der Waals surface area contributed by atoms with Crippen LogP contribution in [-0.2, 0) is 47.5 Å². The predicted molar refractivity (Wildman–Crippen MR) is 245 cm³/mol. The van der Waals surface area contributed by atoms with Crippen LogP contribution in [0.25, 0.3) is 0 Å². The number of ether oxygens (including phenoxy) is 4. The van der Waals surface area contributed by atoms with Crippen molar-refractivity contribution in [2.75, 3.05) is 6.61 Å². The minimum absolute atomic E-state index is 0.0160. The van der Waals surface area contributed by atoms with Gasteiger partial charge in [0.05, 0.1) is 29.1 Å². The number of carbonyl (C=O) groups is 2. The number of hydrogen-bond acceptors (Lipinski definition) is 8. The molecule has 0 saturated carbocycles. The molecule has 1 unspecified atom stereocenters. The Bertz CT molecular complexity index is 1660. The van der Waals surface area contributed by atoms with Crippen molar-refractivity contribution >= 4 is 51.0 Å². The summed E-state index contributed by atoms with van der Waals surface area (Å²) >= 11 is 2.36. The lowest BCUT2D eigenvalue weighted by molar-refractivity contribution is -0.154. The molecule has 4 atom stereocenters. The van der Waals surface area contributed by atoms with E-state index in [0.29, 0.717) is 37.7 Å². The van der Waals surface area contributed by atoms with Gasteiger partial charge in [-0.1, -0.05) is 106 Å². The highest BCUT2D eigenvalue weighted by atomic mass is 127. The first-order chi connectivity index (χ1) is 26.4. The van der Waals surface area contributed by atoms with Crippen LogP contribution in [0.5, 0.6) is 11.5 Å². The maximum atomic E-state index is 14.4. The highest BCUT2D eigenvalue weighted by Gasteiger charge is 2.69. The van der Waals surface area contributed by atoms with E-state index in [0.717, 1.165) is 38.9 Å². The van der Waals surface area contributed by atoms with Crippen LogP contribution in [0.15, 0.2) is 48.7 Å². The van der Waals surface area contributed by atoms with Gasteiger partial charge in [-0.05, 0) is 114 Å². The van der Waals surface area contributed by atoms with Gasteiger partial charge in [0.2, 0.25) is 5.60 Å². The number of esters is 1. The van der Waals surface area contributed by atoms with Gasteiger partial charge < -0.3 is 27.8 Å². The maximum absolute atomic E-state index is 14.4. The molecule has 8 nitrogen and oxygen atoms in total. The molecule has 1 heterocycles. The van der Waals surface area contributed by atoms with Crippen molar-refractivity contribution in [3.63, 3.8) is 0 Å². The van der Waals surface area contributed by atoms with Crippen LogP contribution in [0.2, 0.25) is 36.3 Å². The van der Waals surface area contributed by atoms with E-state index in [1.165, 1.54) is 0 Å². The van der Waals surface area contributed by atoms with Crippen LogP contribution in [0, 0.1) is 15.4 Å². The van der Waals surface area contributed by atoms with E-state index in [-0.39, 0.29) is 35.0 Å². The van der Waals surface area contributed by atoms with Crippen molar-refractivity contribution in [2.24, 2.45) is 11.8 Å². The molecule has 1 aliphatic rings. The number of epoxide rings is 1. The molecule has 1 saturated heterocycles. The molecule has 1 fully saturated rings. The largest absolute Gasteiger partial charge is 0.488 e. The van der Waals surface area contributed by atoms with Gasteiger partial charge in [0.1, 0.15) is 30.0 Å². The topological polar surface area (TPSA) is 92.8 Å². The van der Waals surface area contributed by atoms with Crippen LogP contribution in [-0.4, -0.2) is 52.8 Å². The van der Waals surface area contributed by atoms with E-state index in [1.54, 1.807) is 13.2 Å². The summed E-state index contributed by atoms with van der Waals surface area (Å²) in [7, 11) is -4.54. The smallest absolute Gasteiger partial charge is 0.343 e. The molecule has 0 spiro atoms. The molecule has 2 aromatic carbocycles. The Labute approximate surface area is 360 Å². The summed E-state index contributed by atoms with van der Waals surface area (Å²) in [5.74, 6) is 1.01. The normalized spacial score (nSPS) is 18.8. The van der Waals surface area contributed by atoms with Gasteiger partial charge in [-0.25, -0.2) is 4.79 Å². The molecule has 0 aliphatic carbocycles. The van der Waals surface area contributed by atoms with Crippen molar-refractivity contribution in [2.45, 2.75) is 176 Å². The summed E-state index contributed by atoms with van der Waals surface area (Å²) < 4.78 is 39.5. The van der Waals surface area contributed by atoms with E-state index in [4.69, 9.17) is 27.8 Å². The molecular weight excluding hydrogens is 864 g/mol. The second-order valence-electron chi connectivity index (χ2n) is 19.0. The number of carbonyl (C=O) groups excluding carboxylic acids is 2. The highest BCUT2D eigenvalue weighted by molar-refractivity contribution is 14.1. The molecular formula is C46H73IO8Si2.